The summed E-state index contributed by atoms with van der Waals surface area (Å²) in [7, 11) is 1.70. The lowest BCUT2D eigenvalue weighted by Crippen LogP contribution is -2.25. The van der Waals surface area contributed by atoms with Crippen LogP contribution in [0.25, 0.3) is 23.1 Å². The summed E-state index contributed by atoms with van der Waals surface area (Å²) < 4.78 is 5.46. The van der Waals surface area contributed by atoms with Crippen LogP contribution in [0.2, 0.25) is 5.02 Å². The van der Waals surface area contributed by atoms with Crippen LogP contribution in [0.5, 0.6) is 5.75 Å². The zero-order valence-corrected chi connectivity index (χ0v) is 20.3. The number of anilines is 1. The molecule has 0 saturated heterocycles. The van der Waals surface area contributed by atoms with E-state index in [0.717, 1.165) is 64.7 Å². The number of aromatic nitrogens is 1. The molecule has 0 amide bonds. The fourth-order valence-electron chi connectivity index (χ4n) is 3.81. The Balaban J connectivity index is 1.82. The van der Waals surface area contributed by atoms with Crippen LogP contribution < -0.4 is 10.1 Å². The van der Waals surface area contributed by atoms with E-state index >= 15 is 0 Å². The summed E-state index contributed by atoms with van der Waals surface area (Å²) >= 11 is 6.00. The lowest BCUT2D eigenvalue weighted by molar-refractivity contribution is 0.295. The number of pyridine rings is 1. The summed E-state index contributed by atoms with van der Waals surface area (Å²) in [6.45, 7) is 10.0. The van der Waals surface area contributed by atoms with Gasteiger partial charge in [0.15, 0.2) is 0 Å². The minimum Gasteiger partial charge on any atom is -0.497 e. The fourth-order valence-corrected chi connectivity index (χ4v) is 3.94. The third-order valence-electron chi connectivity index (χ3n) is 5.76. The van der Waals surface area contributed by atoms with Crippen molar-refractivity contribution in [3.05, 3.63) is 64.8 Å². The first-order valence-corrected chi connectivity index (χ1v) is 11.8. The molecule has 32 heavy (non-hydrogen) atoms. The average molecular weight is 452 g/mol. The van der Waals surface area contributed by atoms with Crippen molar-refractivity contribution in [3.63, 3.8) is 0 Å². The van der Waals surface area contributed by atoms with Crippen LogP contribution >= 0.6 is 11.6 Å². The molecule has 1 heterocycles. The largest absolute Gasteiger partial charge is 0.497 e. The smallest absolute Gasteiger partial charge is 0.119 e. The van der Waals surface area contributed by atoms with Crippen molar-refractivity contribution in [3.8, 4) is 5.75 Å². The quantitative estimate of drug-likeness (QED) is 0.341. The SMILES string of the molecule is CCN(CC)CCCC(C)Nc1cc(/C=C/c2ccc(Cl)cc2)nc2ccc(OC)cc12. The molecule has 0 aliphatic rings. The van der Waals surface area contributed by atoms with E-state index < -0.39 is 0 Å². The summed E-state index contributed by atoms with van der Waals surface area (Å²) in [6.07, 6.45) is 6.39. The molecular formula is C27H34ClN3O. The predicted molar refractivity (Wildman–Crippen MR) is 139 cm³/mol. The van der Waals surface area contributed by atoms with Crippen molar-refractivity contribution in [2.75, 3.05) is 32.1 Å². The van der Waals surface area contributed by atoms with Crippen LogP contribution in [-0.2, 0) is 0 Å². The number of nitrogens with one attached hydrogen (secondary N) is 1. The normalized spacial score (nSPS) is 12.6. The number of methoxy groups -OCH3 is 1. The number of fused-ring (bicyclic) bond motifs is 1. The standard InChI is InChI=1S/C27H34ClN3O/c1-5-31(6-2)17-7-8-20(3)29-27-18-23(14-11-21-9-12-22(28)13-10-21)30-26-16-15-24(32-4)19-25(26)27/h9-16,18-20H,5-8,17H2,1-4H3,(H,29,30)/b14-11+. The third kappa shape index (κ3) is 6.72. The molecule has 1 N–H and O–H groups in total. The number of rotatable bonds is 11. The maximum absolute atomic E-state index is 6.00. The number of ether oxygens (including phenoxy) is 1. The van der Waals surface area contributed by atoms with E-state index in [4.69, 9.17) is 21.3 Å². The van der Waals surface area contributed by atoms with E-state index in [9.17, 15) is 0 Å². The summed E-state index contributed by atoms with van der Waals surface area (Å²) in [5.74, 6) is 0.834. The van der Waals surface area contributed by atoms with E-state index in [-0.39, 0.29) is 0 Å². The molecule has 1 atom stereocenters. The summed E-state index contributed by atoms with van der Waals surface area (Å²) in [6, 6.07) is 16.3. The monoisotopic (exact) mass is 451 g/mol. The summed E-state index contributed by atoms with van der Waals surface area (Å²) in [4.78, 5) is 7.31. The zero-order chi connectivity index (χ0) is 22.9. The highest BCUT2D eigenvalue weighted by Gasteiger charge is 2.10. The molecule has 2 aromatic carbocycles. The first-order chi connectivity index (χ1) is 15.5. The number of halogens is 1. The number of nitrogens with zero attached hydrogens (tertiary/aromatic N) is 2. The first kappa shape index (κ1) is 24.1. The molecule has 0 radical (unpaired) electrons. The average Bonchev–Trinajstić information content (AvgIpc) is 2.81. The maximum Gasteiger partial charge on any atom is 0.119 e. The molecule has 1 aromatic heterocycles. The molecule has 0 spiro atoms. The number of hydrogen-bond donors (Lipinski definition) is 1. The van der Waals surface area contributed by atoms with Gasteiger partial charge in [0.25, 0.3) is 0 Å². The molecule has 0 bridgehead atoms. The van der Waals surface area contributed by atoms with E-state index in [1.807, 2.05) is 42.5 Å². The van der Waals surface area contributed by atoms with Crippen LogP contribution in [0.1, 0.15) is 44.9 Å². The molecular weight excluding hydrogens is 418 g/mol. The molecule has 0 aliphatic carbocycles. The second-order valence-corrected chi connectivity index (χ2v) is 8.51. The number of hydrogen-bond acceptors (Lipinski definition) is 4. The maximum atomic E-state index is 6.00. The molecule has 5 heteroatoms. The van der Waals surface area contributed by atoms with Gasteiger partial charge in [0.05, 0.1) is 18.3 Å². The van der Waals surface area contributed by atoms with Crippen molar-refractivity contribution in [1.82, 2.24) is 9.88 Å². The first-order valence-electron chi connectivity index (χ1n) is 11.4. The summed E-state index contributed by atoms with van der Waals surface area (Å²) in [5, 5.41) is 5.54. The molecule has 0 aliphatic heterocycles. The van der Waals surface area contributed by atoms with Gasteiger partial charge in [-0.3, -0.25) is 0 Å². The van der Waals surface area contributed by atoms with E-state index in [1.165, 1.54) is 6.42 Å². The molecule has 0 saturated carbocycles. The molecule has 170 valence electrons. The lowest BCUT2D eigenvalue weighted by Gasteiger charge is -2.21. The van der Waals surface area contributed by atoms with Crippen molar-refractivity contribution < 1.29 is 4.74 Å². The van der Waals surface area contributed by atoms with Gasteiger partial charge in [-0.1, -0.05) is 43.7 Å². The Kier molecular flexibility index (Phi) is 8.95. The van der Waals surface area contributed by atoms with Gasteiger partial charge in [0.1, 0.15) is 5.75 Å². The Morgan fingerprint density at radius 2 is 1.81 bits per heavy atom. The van der Waals surface area contributed by atoms with Gasteiger partial charge in [0.2, 0.25) is 0 Å². The molecule has 4 nitrogen and oxygen atoms in total. The Hall–Kier alpha value is -2.56. The Bertz CT molecular complexity index is 1030. The second kappa shape index (κ2) is 11.9. The Morgan fingerprint density at radius 3 is 2.50 bits per heavy atom. The van der Waals surface area contributed by atoms with Gasteiger partial charge in [-0.25, -0.2) is 4.98 Å². The van der Waals surface area contributed by atoms with Crippen molar-refractivity contribution >= 4 is 40.3 Å². The highest BCUT2D eigenvalue weighted by molar-refractivity contribution is 6.30. The van der Waals surface area contributed by atoms with Crippen LogP contribution in [0.15, 0.2) is 48.5 Å². The number of benzene rings is 2. The Labute approximate surface area is 197 Å². The van der Waals surface area contributed by atoms with E-state index in [0.29, 0.717) is 6.04 Å². The van der Waals surface area contributed by atoms with Crippen LogP contribution in [0, 0.1) is 0 Å². The van der Waals surface area contributed by atoms with Crippen LogP contribution in [0.4, 0.5) is 5.69 Å². The third-order valence-corrected chi connectivity index (χ3v) is 6.01. The molecule has 0 fully saturated rings. The highest BCUT2D eigenvalue weighted by atomic mass is 35.5. The zero-order valence-electron chi connectivity index (χ0n) is 19.6. The summed E-state index contributed by atoms with van der Waals surface area (Å²) in [5.41, 5.74) is 4.03. The van der Waals surface area contributed by atoms with E-state index in [2.05, 4.69) is 49.2 Å². The fraction of sp³-hybridized carbons (Fsp3) is 0.370. The Morgan fingerprint density at radius 1 is 1.06 bits per heavy atom. The molecule has 3 aromatic rings. The van der Waals surface area contributed by atoms with Gasteiger partial charge < -0.3 is 15.0 Å². The molecule has 3 rings (SSSR count). The molecule has 1 unspecified atom stereocenters. The van der Waals surface area contributed by atoms with Crippen molar-refractivity contribution in [2.45, 2.75) is 39.7 Å². The minimum atomic E-state index is 0.357. The topological polar surface area (TPSA) is 37.4 Å². The van der Waals surface area contributed by atoms with Gasteiger partial charge in [-0.15, -0.1) is 0 Å². The van der Waals surface area contributed by atoms with Gasteiger partial charge in [0, 0.05) is 22.1 Å². The van der Waals surface area contributed by atoms with Crippen LogP contribution in [0.3, 0.4) is 0 Å². The van der Waals surface area contributed by atoms with E-state index in [1.54, 1.807) is 7.11 Å². The lowest BCUT2D eigenvalue weighted by atomic mass is 10.1. The predicted octanol–water partition coefficient (Wildman–Crippen LogP) is 6.99. The van der Waals surface area contributed by atoms with Gasteiger partial charge in [-0.05, 0) is 87.4 Å². The van der Waals surface area contributed by atoms with Gasteiger partial charge >= 0.3 is 0 Å². The van der Waals surface area contributed by atoms with Gasteiger partial charge in [-0.2, -0.15) is 0 Å². The van der Waals surface area contributed by atoms with Crippen molar-refractivity contribution in [2.24, 2.45) is 0 Å². The highest BCUT2D eigenvalue weighted by Crippen LogP contribution is 2.29. The van der Waals surface area contributed by atoms with Crippen molar-refractivity contribution in [1.29, 1.82) is 0 Å². The minimum absolute atomic E-state index is 0.357. The van der Waals surface area contributed by atoms with Crippen LogP contribution in [-0.4, -0.2) is 42.7 Å². The second-order valence-electron chi connectivity index (χ2n) is 8.08.